The number of aryl methyl sites for hydroxylation is 1. The third-order valence-corrected chi connectivity index (χ3v) is 3.12. The minimum Gasteiger partial charge on any atom is -0.347 e. The Hall–Kier alpha value is -1.35. The van der Waals surface area contributed by atoms with Crippen LogP contribution in [0.15, 0.2) is 24.4 Å². The first-order valence-corrected chi connectivity index (χ1v) is 5.63. The molecule has 2 aromatic rings. The molecular weight excluding hydrogens is 203 g/mol. The highest BCUT2D eigenvalue weighted by molar-refractivity contribution is 5.85. The molecule has 1 aromatic carbocycles. The molecular formula is C13H17FN2. The van der Waals surface area contributed by atoms with Gasteiger partial charge in [0.2, 0.25) is 0 Å². The molecule has 0 saturated heterocycles. The van der Waals surface area contributed by atoms with Crippen molar-refractivity contribution in [3.63, 3.8) is 0 Å². The Morgan fingerprint density at radius 2 is 2.19 bits per heavy atom. The van der Waals surface area contributed by atoms with E-state index in [9.17, 15) is 4.39 Å². The van der Waals surface area contributed by atoms with Crippen LogP contribution in [0, 0.1) is 5.82 Å². The van der Waals surface area contributed by atoms with E-state index in [0.29, 0.717) is 0 Å². The first-order valence-electron chi connectivity index (χ1n) is 5.63. The summed E-state index contributed by atoms with van der Waals surface area (Å²) >= 11 is 0. The third kappa shape index (κ3) is 1.61. The molecule has 1 heterocycles. The van der Waals surface area contributed by atoms with Gasteiger partial charge in [-0.25, -0.2) is 4.39 Å². The predicted octanol–water partition coefficient (Wildman–Crippen LogP) is 3.08. The highest BCUT2D eigenvalue weighted by Crippen LogP contribution is 2.28. The lowest BCUT2D eigenvalue weighted by molar-refractivity contribution is 0.627. The second-order valence-electron chi connectivity index (χ2n) is 4.01. The molecule has 0 aliphatic heterocycles. The van der Waals surface area contributed by atoms with Gasteiger partial charge in [0.15, 0.2) is 0 Å². The van der Waals surface area contributed by atoms with Gasteiger partial charge in [-0.1, -0.05) is 6.07 Å². The van der Waals surface area contributed by atoms with Gasteiger partial charge in [-0.05, 0) is 38.6 Å². The molecule has 0 fully saturated rings. The van der Waals surface area contributed by atoms with Gasteiger partial charge in [0, 0.05) is 24.2 Å². The molecule has 0 amide bonds. The van der Waals surface area contributed by atoms with Crippen LogP contribution in [-0.2, 0) is 6.54 Å². The summed E-state index contributed by atoms with van der Waals surface area (Å²) < 4.78 is 15.9. The zero-order chi connectivity index (χ0) is 11.7. The van der Waals surface area contributed by atoms with Crippen molar-refractivity contribution >= 4 is 10.9 Å². The SMILES string of the molecule is CCn1cc(C(C)NC)c2c(F)cccc21. The number of fused-ring (bicyclic) bond motifs is 1. The normalized spacial score (nSPS) is 13.2. The lowest BCUT2D eigenvalue weighted by Gasteiger charge is -2.08. The first kappa shape index (κ1) is 11.1. The molecule has 0 saturated carbocycles. The van der Waals surface area contributed by atoms with E-state index in [-0.39, 0.29) is 11.9 Å². The smallest absolute Gasteiger partial charge is 0.132 e. The van der Waals surface area contributed by atoms with Crippen molar-refractivity contribution in [1.82, 2.24) is 9.88 Å². The van der Waals surface area contributed by atoms with Gasteiger partial charge in [-0.2, -0.15) is 0 Å². The standard InChI is InChI=1S/C13H17FN2/c1-4-16-8-10(9(2)15-3)13-11(14)6-5-7-12(13)16/h5-9,15H,4H2,1-3H3. The zero-order valence-corrected chi connectivity index (χ0v) is 9.92. The monoisotopic (exact) mass is 220 g/mol. The summed E-state index contributed by atoms with van der Waals surface area (Å²) in [7, 11) is 1.89. The second kappa shape index (κ2) is 4.26. The fourth-order valence-electron chi connectivity index (χ4n) is 2.09. The topological polar surface area (TPSA) is 17.0 Å². The zero-order valence-electron chi connectivity index (χ0n) is 9.92. The van der Waals surface area contributed by atoms with E-state index in [2.05, 4.69) is 16.8 Å². The molecule has 1 atom stereocenters. The van der Waals surface area contributed by atoms with Crippen molar-refractivity contribution < 1.29 is 4.39 Å². The van der Waals surface area contributed by atoms with Gasteiger partial charge < -0.3 is 9.88 Å². The van der Waals surface area contributed by atoms with Gasteiger partial charge in [0.25, 0.3) is 0 Å². The maximum atomic E-state index is 13.9. The summed E-state index contributed by atoms with van der Waals surface area (Å²) in [6.07, 6.45) is 2.04. The molecule has 0 aliphatic rings. The van der Waals surface area contributed by atoms with Crippen LogP contribution >= 0.6 is 0 Å². The minimum absolute atomic E-state index is 0.137. The van der Waals surface area contributed by atoms with Crippen LogP contribution in [-0.4, -0.2) is 11.6 Å². The largest absolute Gasteiger partial charge is 0.347 e. The van der Waals surface area contributed by atoms with E-state index in [4.69, 9.17) is 0 Å². The number of nitrogens with one attached hydrogen (secondary N) is 1. The van der Waals surface area contributed by atoms with Crippen molar-refractivity contribution in [2.75, 3.05) is 7.05 Å². The Balaban J connectivity index is 2.74. The number of hydrogen-bond donors (Lipinski definition) is 1. The number of nitrogens with zero attached hydrogens (tertiary/aromatic N) is 1. The van der Waals surface area contributed by atoms with Crippen molar-refractivity contribution in [3.8, 4) is 0 Å². The predicted molar refractivity (Wildman–Crippen MR) is 65.0 cm³/mol. The van der Waals surface area contributed by atoms with Crippen LogP contribution in [0.5, 0.6) is 0 Å². The van der Waals surface area contributed by atoms with Gasteiger partial charge in [0.1, 0.15) is 5.82 Å². The van der Waals surface area contributed by atoms with E-state index < -0.39 is 0 Å². The molecule has 86 valence electrons. The Morgan fingerprint density at radius 1 is 1.44 bits per heavy atom. The number of rotatable bonds is 3. The van der Waals surface area contributed by atoms with Crippen LogP contribution in [0.25, 0.3) is 10.9 Å². The van der Waals surface area contributed by atoms with Crippen molar-refractivity contribution in [1.29, 1.82) is 0 Å². The summed E-state index contributed by atoms with van der Waals surface area (Å²) in [4.78, 5) is 0. The molecule has 1 unspecified atom stereocenters. The molecule has 2 rings (SSSR count). The Morgan fingerprint density at radius 3 is 2.81 bits per heavy atom. The van der Waals surface area contributed by atoms with Gasteiger partial charge >= 0.3 is 0 Å². The van der Waals surface area contributed by atoms with Crippen LogP contribution in [0.1, 0.15) is 25.5 Å². The fraction of sp³-hybridized carbons (Fsp3) is 0.385. The van der Waals surface area contributed by atoms with Crippen LogP contribution in [0.2, 0.25) is 0 Å². The van der Waals surface area contributed by atoms with E-state index in [1.54, 1.807) is 6.07 Å². The summed E-state index contributed by atoms with van der Waals surface area (Å²) in [6.45, 7) is 4.97. The van der Waals surface area contributed by atoms with Gasteiger partial charge in [-0.15, -0.1) is 0 Å². The molecule has 16 heavy (non-hydrogen) atoms. The third-order valence-electron chi connectivity index (χ3n) is 3.12. The van der Waals surface area contributed by atoms with E-state index >= 15 is 0 Å². The molecule has 0 radical (unpaired) electrons. The molecule has 0 spiro atoms. The van der Waals surface area contributed by atoms with E-state index in [1.165, 1.54) is 6.07 Å². The Bertz CT molecular complexity index is 502. The average Bonchev–Trinajstić information content (AvgIpc) is 2.68. The highest BCUT2D eigenvalue weighted by atomic mass is 19.1. The van der Waals surface area contributed by atoms with Crippen LogP contribution in [0.3, 0.4) is 0 Å². The molecule has 1 N–H and O–H groups in total. The van der Waals surface area contributed by atoms with Crippen LogP contribution in [0.4, 0.5) is 4.39 Å². The first-order chi connectivity index (χ1) is 7.69. The quantitative estimate of drug-likeness (QED) is 0.841. The summed E-state index contributed by atoms with van der Waals surface area (Å²) in [5.74, 6) is -0.137. The average molecular weight is 220 g/mol. The lowest BCUT2D eigenvalue weighted by Crippen LogP contribution is -2.12. The Labute approximate surface area is 95.1 Å². The number of aromatic nitrogens is 1. The maximum Gasteiger partial charge on any atom is 0.132 e. The molecule has 2 nitrogen and oxygen atoms in total. The van der Waals surface area contributed by atoms with E-state index in [1.807, 2.05) is 26.2 Å². The molecule has 1 aromatic heterocycles. The second-order valence-corrected chi connectivity index (χ2v) is 4.01. The summed E-state index contributed by atoms with van der Waals surface area (Å²) in [5.41, 5.74) is 2.00. The Kier molecular flexibility index (Phi) is 2.97. The van der Waals surface area contributed by atoms with Gasteiger partial charge in [-0.3, -0.25) is 0 Å². The van der Waals surface area contributed by atoms with Crippen LogP contribution < -0.4 is 5.32 Å². The summed E-state index contributed by atoms with van der Waals surface area (Å²) in [5, 5.41) is 3.90. The number of hydrogen-bond acceptors (Lipinski definition) is 1. The van der Waals surface area contributed by atoms with Crippen molar-refractivity contribution in [2.24, 2.45) is 0 Å². The van der Waals surface area contributed by atoms with Crippen molar-refractivity contribution in [2.45, 2.75) is 26.4 Å². The number of halogens is 1. The van der Waals surface area contributed by atoms with Crippen molar-refractivity contribution in [3.05, 3.63) is 35.8 Å². The number of benzene rings is 1. The van der Waals surface area contributed by atoms with Gasteiger partial charge in [0.05, 0.1) is 5.52 Å². The molecule has 0 aliphatic carbocycles. The minimum atomic E-state index is -0.137. The van der Waals surface area contributed by atoms with E-state index in [0.717, 1.165) is 23.0 Å². The lowest BCUT2D eigenvalue weighted by atomic mass is 10.1. The molecule has 3 heteroatoms. The maximum absolute atomic E-state index is 13.9. The molecule has 0 bridgehead atoms. The highest BCUT2D eigenvalue weighted by Gasteiger charge is 2.15. The summed E-state index contributed by atoms with van der Waals surface area (Å²) in [6, 6.07) is 5.41. The fourth-order valence-corrected chi connectivity index (χ4v) is 2.09.